The minimum Gasteiger partial charge on any atom is -0.486 e. The highest BCUT2D eigenvalue weighted by Gasteiger charge is 2.36. The molecule has 0 unspecified atom stereocenters. The zero-order chi connectivity index (χ0) is 24.2. The van der Waals surface area contributed by atoms with E-state index in [4.69, 9.17) is 4.74 Å². The topological polar surface area (TPSA) is 82.1 Å². The van der Waals surface area contributed by atoms with E-state index < -0.39 is 0 Å². The zero-order valence-corrected chi connectivity index (χ0v) is 21.0. The lowest BCUT2D eigenvalue weighted by atomic mass is 9.89. The highest BCUT2D eigenvalue weighted by atomic mass is 16.5. The number of para-hydroxylation sites is 1. The minimum atomic E-state index is -0.300. The average Bonchev–Trinajstić information content (AvgIpc) is 3.67. The van der Waals surface area contributed by atoms with Gasteiger partial charge < -0.3 is 25.0 Å². The van der Waals surface area contributed by atoms with E-state index >= 15 is 0 Å². The molecule has 0 saturated heterocycles. The summed E-state index contributed by atoms with van der Waals surface area (Å²) in [5.74, 6) is 1.13. The number of amides is 2. The third-order valence-corrected chi connectivity index (χ3v) is 7.68. The monoisotopic (exact) mass is 471 g/mol. The van der Waals surface area contributed by atoms with Crippen molar-refractivity contribution in [1.82, 2.24) is 9.80 Å². The molecule has 4 rings (SSSR count). The molecule has 3 atom stereocenters. The second kappa shape index (κ2) is 11.1. The smallest absolute Gasteiger partial charge is 0.258 e. The molecule has 2 fully saturated rings. The zero-order valence-electron chi connectivity index (χ0n) is 21.0. The first-order valence-corrected chi connectivity index (χ1v) is 13.1. The van der Waals surface area contributed by atoms with Crippen molar-refractivity contribution in [2.45, 2.75) is 70.9 Å². The molecule has 2 saturated carbocycles. The number of aliphatic hydroxyl groups is 1. The summed E-state index contributed by atoms with van der Waals surface area (Å²) in [5.41, 5.74) is 1.01. The fraction of sp³-hybridized carbons (Fsp3) is 0.704. The SMILES string of the molecule is C[C@@H]1CN([C@H](C)CO)C(=O)c2cccc(NC(=O)C3CC3)c2O[C@H]1CN(C)CC1CCCCC1. The van der Waals surface area contributed by atoms with Crippen LogP contribution in [0.2, 0.25) is 0 Å². The number of likely N-dealkylation sites (N-methyl/N-ethyl adjacent to an activating group) is 1. The molecule has 0 aromatic heterocycles. The van der Waals surface area contributed by atoms with Crippen molar-refractivity contribution in [3.63, 3.8) is 0 Å². The lowest BCUT2D eigenvalue weighted by molar-refractivity contribution is -0.117. The molecule has 7 heteroatoms. The Morgan fingerprint density at radius 3 is 2.62 bits per heavy atom. The second-order valence-electron chi connectivity index (χ2n) is 10.8. The van der Waals surface area contributed by atoms with Gasteiger partial charge in [0.05, 0.1) is 23.9 Å². The van der Waals surface area contributed by atoms with Crippen LogP contribution in [0.3, 0.4) is 0 Å². The van der Waals surface area contributed by atoms with Crippen LogP contribution in [0.25, 0.3) is 0 Å². The highest BCUT2D eigenvalue weighted by Crippen LogP contribution is 2.37. The fourth-order valence-electron chi connectivity index (χ4n) is 5.33. The van der Waals surface area contributed by atoms with Gasteiger partial charge in [0, 0.05) is 31.5 Å². The molecule has 1 aliphatic heterocycles. The van der Waals surface area contributed by atoms with Gasteiger partial charge in [0.15, 0.2) is 5.75 Å². The molecule has 2 N–H and O–H groups in total. The lowest BCUT2D eigenvalue weighted by Gasteiger charge is -2.39. The van der Waals surface area contributed by atoms with Crippen molar-refractivity contribution < 1.29 is 19.4 Å². The summed E-state index contributed by atoms with van der Waals surface area (Å²) in [6.45, 7) is 6.20. The Hall–Kier alpha value is -2.12. The first kappa shape index (κ1) is 25.0. The molecule has 34 heavy (non-hydrogen) atoms. The van der Waals surface area contributed by atoms with Gasteiger partial charge in [-0.3, -0.25) is 9.59 Å². The van der Waals surface area contributed by atoms with E-state index in [1.54, 1.807) is 17.0 Å². The summed E-state index contributed by atoms with van der Waals surface area (Å²) >= 11 is 0. The molecular weight excluding hydrogens is 430 g/mol. The largest absolute Gasteiger partial charge is 0.486 e. The van der Waals surface area contributed by atoms with Crippen LogP contribution >= 0.6 is 0 Å². The van der Waals surface area contributed by atoms with Crippen LogP contribution in [0, 0.1) is 17.8 Å². The van der Waals surface area contributed by atoms with Crippen LogP contribution in [0.1, 0.15) is 69.2 Å². The van der Waals surface area contributed by atoms with E-state index in [1.165, 1.54) is 32.1 Å². The molecule has 1 aromatic rings. The third kappa shape index (κ3) is 5.92. The first-order chi connectivity index (χ1) is 16.4. The predicted octanol–water partition coefficient (Wildman–Crippen LogP) is 3.77. The first-order valence-electron chi connectivity index (χ1n) is 13.1. The number of carbonyl (C=O) groups excluding carboxylic acids is 2. The average molecular weight is 472 g/mol. The summed E-state index contributed by atoms with van der Waals surface area (Å²) in [7, 11) is 2.16. The summed E-state index contributed by atoms with van der Waals surface area (Å²) in [6, 6.07) is 5.08. The van der Waals surface area contributed by atoms with Gasteiger partial charge in [-0.15, -0.1) is 0 Å². The van der Waals surface area contributed by atoms with Crippen LogP contribution in [-0.2, 0) is 4.79 Å². The minimum absolute atomic E-state index is 0.00824. The van der Waals surface area contributed by atoms with Crippen molar-refractivity contribution >= 4 is 17.5 Å². The molecule has 2 aliphatic carbocycles. The number of benzene rings is 1. The lowest BCUT2D eigenvalue weighted by Crippen LogP contribution is -2.50. The quantitative estimate of drug-likeness (QED) is 0.603. The number of hydrogen-bond donors (Lipinski definition) is 2. The number of hydrogen-bond acceptors (Lipinski definition) is 5. The van der Waals surface area contributed by atoms with Crippen molar-refractivity contribution in [3.8, 4) is 5.75 Å². The van der Waals surface area contributed by atoms with Gasteiger partial charge in [-0.1, -0.05) is 32.3 Å². The summed E-state index contributed by atoms with van der Waals surface area (Å²) in [6.07, 6.45) is 8.26. The van der Waals surface area contributed by atoms with E-state index in [-0.39, 0.29) is 42.4 Å². The normalized spacial score (nSPS) is 24.7. The Kier molecular flexibility index (Phi) is 8.14. The maximum atomic E-state index is 13.5. The predicted molar refractivity (Wildman–Crippen MR) is 133 cm³/mol. The summed E-state index contributed by atoms with van der Waals surface area (Å²) < 4.78 is 6.61. The van der Waals surface area contributed by atoms with Gasteiger partial charge in [-0.2, -0.15) is 0 Å². The highest BCUT2D eigenvalue weighted by molar-refractivity contribution is 6.02. The van der Waals surface area contributed by atoms with Gasteiger partial charge in [-0.05, 0) is 57.7 Å². The van der Waals surface area contributed by atoms with E-state index in [9.17, 15) is 14.7 Å². The van der Waals surface area contributed by atoms with Crippen molar-refractivity contribution in [2.24, 2.45) is 17.8 Å². The molecule has 3 aliphatic rings. The van der Waals surface area contributed by atoms with E-state index in [2.05, 4.69) is 24.2 Å². The maximum Gasteiger partial charge on any atom is 0.258 e. The van der Waals surface area contributed by atoms with E-state index in [1.807, 2.05) is 13.0 Å². The Labute approximate surface area is 203 Å². The van der Waals surface area contributed by atoms with Crippen LogP contribution in [0.15, 0.2) is 18.2 Å². The number of carbonyl (C=O) groups is 2. The van der Waals surface area contributed by atoms with Crippen molar-refractivity contribution in [2.75, 3.05) is 38.6 Å². The number of fused-ring (bicyclic) bond motifs is 1. The molecule has 0 spiro atoms. The molecule has 0 radical (unpaired) electrons. The Balaban J connectivity index is 1.60. The number of nitrogens with one attached hydrogen (secondary N) is 1. The molecule has 1 aromatic carbocycles. The standard InChI is InChI=1S/C27H41N3O4/c1-18-14-30(19(2)17-31)27(33)22-10-7-11-23(28-26(32)21-12-13-21)25(22)34-24(18)16-29(3)15-20-8-5-4-6-9-20/h7,10-11,18-21,24,31H,4-6,8-9,12-17H2,1-3H3,(H,28,32)/t18-,19-,24+/m1/s1. The molecule has 188 valence electrons. The Morgan fingerprint density at radius 2 is 1.94 bits per heavy atom. The number of nitrogens with zero attached hydrogens (tertiary/aromatic N) is 2. The van der Waals surface area contributed by atoms with Crippen LogP contribution in [-0.4, -0.2) is 72.2 Å². The summed E-state index contributed by atoms with van der Waals surface area (Å²) in [5, 5.41) is 12.9. The number of anilines is 1. The van der Waals surface area contributed by atoms with Gasteiger partial charge in [0.2, 0.25) is 5.91 Å². The molecule has 1 heterocycles. The van der Waals surface area contributed by atoms with Gasteiger partial charge >= 0.3 is 0 Å². The fourth-order valence-corrected chi connectivity index (χ4v) is 5.33. The third-order valence-electron chi connectivity index (χ3n) is 7.68. The maximum absolute atomic E-state index is 13.5. The van der Waals surface area contributed by atoms with Gasteiger partial charge in [-0.25, -0.2) is 0 Å². The molecule has 2 amide bonds. The second-order valence-corrected chi connectivity index (χ2v) is 10.8. The molecule has 0 bridgehead atoms. The van der Waals surface area contributed by atoms with Crippen LogP contribution < -0.4 is 10.1 Å². The number of ether oxygens (including phenoxy) is 1. The van der Waals surface area contributed by atoms with E-state index in [0.29, 0.717) is 23.5 Å². The van der Waals surface area contributed by atoms with Crippen LogP contribution in [0.5, 0.6) is 5.75 Å². The number of rotatable bonds is 8. The van der Waals surface area contributed by atoms with Crippen LogP contribution in [0.4, 0.5) is 5.69 Å². The van der Waals surface area contributed by atoms with E-state index in [0.717, 1.165) is 31.8 Å². The molecule has 7 nitrogen and oxygen atoms in total. The number of aliphatic hydroxyl groups excluding tert-OH is 1. The van der Waals surface area contributed by atoms with Gasteiger partial charge in [0.25, 0.3) is 5.91 Å². The summed E-state index contributed by atoms with van der Waals surface area (Å²) in [4.78, 5) is 30.2. The van der Waals surface area contributed by atoms with Gasteiger partial charge in [0.1, 0.15) is 6.10 Å². The van der Waals surface area contributed by atoms with Crippen molar-refractivity contribution in [3.05, 3.63) is 23.8 Å². The Morgan fingerprint density at radius 1 is 1.21 bits per heavy atom. The Bertz CT molecular complexity index is 865. The van der Waals surface area contributed by atoms with Crippen molar-refractivity contribution in [1.29, 1.82) is 0 Å². The molecular formula is C27H41N3O4.